The van der Waals surface area contributed by atoms with E-state index in [0.717, 1.165) is 31.6 Å². The van der Waals surface area contributed by atoms with E-state index in [0.29, 0.717) is 48.3 Å². The van der Waals surface area contributed by atoms with E-state index in [1.165, 1.54) is 135 Å². The summed E-state index contributed by atoms with van der Waals surface area (Å²) in [5.74, 6) is 0.833. The van der Waals surface area contributed by atoms with Crippen LogP contribution >= 0.6 is 0 Å². The van der Waals surface area contributed by atoms with Crippen molar-refractivity contribution in [3.05, 3.63) is 102 Å². The fourth-order valence-electron chi connectivity index (χ4n) is 7.29. The zero-order chi connectivity index (χ0) is 57.8. The molecule has 4 saturated carbocycles. The molecule has 12 heteroatoms. The van der Waals surface area contributed by atoms with Gasteiger partial charge in [-0.3, -0.25) is 0 Å². The van der Waals surface area contributed by atoms with Crippen LogP contribution in [-0.2, 0) is 0 Å². The Kier molecular flexibility index (Phi) is 192. The first-order chi connectivity index (χ1) is 34.4. The van der Waals surface area contributed by atoms with Crippen molar-refractivity contribution >= 4 is 0 Å². The van der Waals surface area contributed by atoms with Crippen molar-refractivity contribution in [3.63, 3.8) is 0 Å². The minimum atomic E-state index is 0. The minimum absolute atomic E-state index is 0. The molecule has 0 aliphatic heterocycles. The molecule has 0 aromatic heterocycles. The molecule has 0 heterocycles. The molecule has 4 rings (SSSR count). The summed E-state index contributed by atoms with van der Waals surface area (Å²) >= 11 is 0. The molecule has 0 spiro atoms. The molecule has 0 bridgehead atoms. The molecular weight excluding hydrogens is 1540 g/mol. The van der Waals surface area contributed by atoms with E-state index in [2.05, 4.69) is 216 Å². The molecule has 0 aromatic rings. The van der Waals surface area contributed by atoms with E-state index < -0.39 is 0 Å². The standard InChI is InChI=1S/4C9H20N2.4C5H10.C4H10.C3H8.C2H6.8CH3.4La/c4*1-6-9(10-7(2)3)11-8(4)5;4*1-2-4-5-3-1;1-4(2)3;1-3-2;1-2;;;;;;;;;;;;/h4*7-9H,6H2,1-5H3;4*1-5H2;4H,1-3H3;3H2,1-2H3;1-2H3;8*1H3;;;;/q4*-2;;;;;;;;8*-1;;;;. The summed E-state index contributed by atoms with van der Waals surface area (Å²) in [7, 11) is 0. The van der Waals surface area contributed by atoms with Gasteiger partial charge in [-0.1, -0.05) is 347 Å². The third-order valence-electron chi connectivity index (χ3n) is 10.2. The average molecular weight is 1710 g/mol. The van der Waals surface area contributed by atoms with Crippen LogP contribution in [0, 0.1) is 208 Å². The summed E-state index contributed by atoms with van der Waals surface area (Å²) in [5.41, 5.74) is 0. The smallest absolute Gasteiger partial charge is 0 e. The zero-order valence-electron chi connectivity index (χ0n) is 66.1. The van der Waals surface area contributed by atoms with Gasteiger partial charge in [0.25, 0.3) is 0 Å². The molecule has 0 N–H and O–H groups in total. The van der Waals surface area contributed by atoms with Crippen molar-refractivity contribution in [2.45, 2.75) is 420 Å². The van der Waals surface area contributed by atoms with Crippen LogP contribution in [0.25, 0.3) is 42.5 Å². The quantitative estimate of drug-likeness (QED) is 0.108. The number of hydrogen-bond donors (Lipinski definition) is 0. The number of nitrogens with zero attached hydrogens (tertiary/aromatic N) is 8. The minimum Gasteiger partial charge on any atom is -0.676 e. The second kappa shape index (κ2) is 116. The van der Waals surface area contributed by atoms with E-state index in [4.69, 9.17) is 0 Å². The summed E-state index contributed by atoms with van der Waals surface area (Å²) in [5, 5.41) is 35.8. The van der Waals surface area contributed by atoms with Crippen LogP contribution in [0.5, 0.6) is 0 Å². The summed E-state index contributed by atoms with van der Waals surface area (Å²) in [6, 6.07) is 3.24. The van der Waals surface area contributed by atoms with Gasteiger partial charge in [-0.15, -0.1) is 48.3 Å². The first kappa shape index (κ1) is 141. The molecule has 85 heavy (non-hydrogen) atoms. The molecule has 4 aliphatic rings. The van der Waals surface area contributed by atoms with Crippen LogP contribution in [0.4, 0.5) is 0 Å². The summed E-state index contributed by atoms with van der Waals surface area (Å²) in [6.45, 7) is 56.8. The van der Waals surface area contributed by atoms with Crippen LogP contribution in [0.2, 0.25) is 0 Å². The first-order valence-electron chi connectivity index (χ1n) is 32.0. The predicted molar refractivity (Wildman–Crippen MR) is 396 cm³/mol. The van der Waals surface area contributed by atoms with Crippen LogP contribution in [0.3, 0.4) is 0 Å². The van der Waals surface area contributed by atoms with E-state index in [1.54, 1.807) is 0 Å². The van der Waals surface area contributed by atoms with E-state index >= 15 is 0 Å². The Bertz CT molecular complexity index is 706. The van der Waals surface area contributed by atoms with Crippen molar-refractivity contribution in [3.8, 4) is 0 Å². The fraction of sp³-hybridized carbons (Fsp3) is 0.890. The van der Waals surface area contributed by atoms with E-state index in [1.807, 2.05) is 13.8 Å². The van der Waals surface area contributed by atoms with Gasteiger partial charge in [-0.05, 0) is 5.92 Å². The van der Waals surface area contributed by atoms with E-state index in [9.17, 15) is 0 Å². The zero-order valence-corrected chi connectivity index (χ0v) is 80.6. The molecule has 4 fully saturated rings. The van der Waals surface area contributed by atoms with Gasteiger partial charge >= 0.3 is 0 Å². The maximum absolute atomic E-state index is 4.47. The normalized spacial score (nSPS) is 12.6. The second-order valence-electron chi connectivity index (χ2n) is 23.0. The van der Waals surface area contributed by atoms with Gasteiger partial charge < -0.3 is 102 Å². The van der Waals surface area contributed by atoms with Gasteiger partial charge in [0.05, 0.1) is 0 Å². The van der Waals surface area contributed by atoms with Crippen molar-refractivity contribution in [2.75, 3.05) is 0 Å². The third kappa shape index (κ3) is 159. The summed E-state index contributed by atoms with van der Waals surface area (Å²) < 4.78 is 0. The SMILES string of the molecule is C1CCCC1.C1CCCC1.C1CCCC1.C1CCCC1.CC.CC(C)C.CCC.CCC([N-]C(C)C)[N-]C(C)C.CCC([N-]C(C)C)[N-]C(C)C.CCC([N-]C(C)C)[N-]C(C)C.CCC([N-]C(C)C)[N-]C(C)C.[CH3-].[CH3-].[CH3-].[CH3-].[CH3-].[CH3-].[CH3-].[CH3-].[La].[La].[La].[La]. The van der Waals surface area contributed by atoms with Gasteiger partial charge in [0, 0.05) is 142 Å². The second-order valence-corrected chi connectivity index (χ2v) is 23.0. The van der Waals surface area contributed by atoms with Gasteiger partial charge in [0.1, 0.15) is 0 Å². The molecule has 4 radical (unpaired) electrons. The molecule has 0 unspecified atom stereocenters. The van der Waals surface area contributed by atoms with Crippen molar-refractivity contribution < 1.29 is 142 Å². The Hall–Kier alpha value is 4.46. The fourth-order valence-corrected chi connectivity index (χ4v) is 7.29. The Balaban J connectivity index is -0.0000000335. The van der Waals surface area contributed by atoms with Crippen molar-refractivity contribution in [2.24, 2.45) is 5.92 Å². The van der Waals surface area contributed by atoms with E-state index in [-0.39, 0.29) is 226 Å². The third-order valence-corrected chi connectivity index (χ3v) is 10.2. The molecular formula is C73H168La4N8-16. The van der Waals surface area contributed by atoms with Crippen molar-refractivity contribution in [1.29, 1.82) is 0 Å². The average Bonchev–Trinajstić information content (AvgIpc) is 4.17. The first-order valence-corrected chi connectivity index (χ1v) is 32.0. The largest absolute Gasteiger partial charge is 0.676 e. The molecule has 0 amide bonds. The molecule has 0 aromatic carbocycles. The topological polar surface area (TPSA) is 113 Å². The van der Waals surface area contributed by atoms with Crippen LogP contribution in [-0.4, -0.2) is 73.0 Å². The molecule has 528 valence electrons. The molecule has 4 aliphatic carbocycles. The van der Waals surface area contributed by atoms with Gasteiger partial charge in [-0.2, -0.15) is 0 Å². The van der Waals surface area contributed by atoms with Crippen LogP contribution in [0.15, 0.2) is 0 Å². The number of rotatable bonds is 20. The van der Waals surface area contributed by atoms with Crippen molar-refractivity contribution in [1.82, 2.24) is 0 Å². The summed E-state index contributed by atoms with van der Waals surface area (Å²) in [6.07, 6.45) is 36.2. The Labute approximate surface area is 662 Å². The van der Waals surface area contributed by atoms with Crippen LogP contribution < -0.4 is 0 Å². The van der Waals surface area contributed by atoms with Crippen LogP contribution in [0.1, 0.15) is 347 Å². The maximum atomic E-state index is 4.47. The van der Waals surface area contributed by atoms with Gasteiger partial charge in [0.2, 0.25) is 0 Å². The summed E-state index contributed by atoms with van der Waals surface area (Å²) in [4.78, 5) is 0. The molecule has 8 nitrogen and oxygen atoms in total. The molecule has 0 atom stereocenters. The molecule has 0 saturated heterocycles. The predicted octanol–water partition coefficient (Wildman–Crippen LogP) is 28.7. The van der Waals surface area contributed by atoms with Gasteiger partial charge in [0.15, 0.2) is 0 Å². The van der Waals surface area contributed by atoms with Gasteiger partial charge in [-0.25, -0.2) is 24.7 Å². The Morgan fingerprint density at radius 1 is 0.200 bits per heavy atom. The maximum Gasteiger partial charge on any atom is 0 e. The monoisotopic (exact) mass is 1710 g/mol. The Morgan fingerprint density at radius 2 is 0.259 bits per heavy atom. The number of hydrogen-bond acceptors (Lipinski definition) is 0. The Morgan fingerprint density at radius 3 is 0.294 bits per heavy atom.